The first-order valence-corrected chi connectivity index (χ1v) is 7.51. The summed E-state index contributed by atoms with van der Waals surface area (Å²) in [7, 11) is 0. The summed E-state index contributed by atoms with van der Waals surface area (Å²) >= 11 is 0. The molecular formula is C18H14O6. The first kappa shape index (κ1) is 14.9. The number of benzene rings is 2. The summed E-state index contributed by atoms with van der Waals surface area (Å²) in [5.41, 5.74) is 0.442. The van der Waals surface area contributed by atoms with E-state index in [-0.39, 0.29) is 44.9 Å². The molecule has 4 N–H and O–H groups in total. The van der Waals surface area contributed by atoms with Crippen molar-refractivity contribution in [2.45, 2.75) is 19.1 Å². The number of ketones is 2. The van der Waals surface area contributed by atoms with Crippen LogP contribution in [0, 0.1) is 5.92 Å². The van der Waals surface area contributed by atoms with Gasteiger partial charge in [-0.2, -0.15) is 0 Å². The highest BCUT2D eigenvalue weighted by Crippen LogP contribution is 2.51. The molecule has 2 aromatic rings. The van der Waals surface area contributed by atoms with Gasteiger partial charge in [0, 0.05) is 39.3 Å². The molecule has 2 aliphatic carbocycles. The lowest BCUT2D eigenvalue weighted by Crippen LogP contribution is -2.38. The van der Waals surface area contributed by atoms with E-state index in [0.29, 0.717) is 0 Å². The first-order valence-electron chi connectivity index (χ1n) is 7.51. The zero-order valence-corrected chi connectivity index (χ0v) is 12.6. The number of phenolic OH excluding ortho intramolecular Hbond substituents is 2. The fraction of sp³-hybridized carbons (Fsp3) is 0.222. The fourth-order valence-corrected chi connectivity index (χ4v) is 3.66. The lowest BCUT2D eigenvalue weighted by molar-refractivity contribution is -0.0158. The summed E-state index contributed by atoms with van der Waals surface area (Å²) < 4.78 is 0. The molecule has 2 aliphatic rings. The highest BCUT2D eigenvalue weighted by molar-refractivity contribution is 6.25. The van der Waals surface area contributed by atoms with E-state index in [4.69, 9.17) is 0 Å². The Morgan fingerprint density at radius 1 is 0.917 bits per heavy atom. The standard InChI is InChI=1S/C18H14O6/c1-6-15(21)8-5-10(20)13-11-7(3-2-4-9(11)19)17(23)14(13)12(8)18(24)16(6)22/h2-6,16,18-20,22,24H,1H3. The maximum atomic E-state index is 12.8. The van der Waals surface area contributed by atoms with E-state index in [0.717, 1.165) is 0 Å². The summed E-state index contributed by atoms with van der Waals surface area (Å²) in [4.78, 5) is 25.2. The second-order valence-electron chi connectivity index (χ2n) is 6.22. The number of fused-ring (bicyclic) bond motifs is 5. The van der Waals surface area contributed by atoms with Gasteiger partial charge in [-0.3, -0.25) is 9.59 Å². The van der Waals surface area contributed by atoms with Crippen LogP contribution in [0.4, 0.5) is 0 Å². The van der Waals surface area contributed by atoms with Crippen molar-refractivity contribution in [1.82, 2.24) is 0 Å². The SMILES string of the molecule is CC1C(=O)c2cc(O)c3c(c2C(O)C1O)C(=O)c1cccc(O)c1-3. The molecule has 0 spiro atoms. The third-order valence-electron chi connectivity index (χ3n) is 4.92. The van der Waals surface area contributed by atoms with Crippen LogP contribution in [0.15, 0.2) is 24.3 Å². The second kappa shape index (κ2) is 4.66. The quantitative estimate of drug-likeness (QED) is 0.498. The number of aliphatic hydroxyl groups excluding tert-OH is 2. The van der Waals surface area contributed by atoms with Gasteiger partial charge in [0.2, 0.25) is 0 Å². The van der Waals surface area contributed by atoms with Crippen molar-refractivity contribution in [2.75, 3.05) is 0 Å². The maximum absolute atomic E-state index is 12.8. The van der Waals surface area contributed by atoms with Crippen LogP contribution in [-0.2, 0) is 0 Å². The number of carbonyl (C=O) groups is 2. The van der Waals surface area contributed by atoms with Crippen LogP contribution in [-0.4, -0.2) is 38.1 Å². The van der Waals surface area contributed by atoms with E-state index < -0.39 is 29.7 Å². The number of aliphatic hydroxyl groups is 2. The topological polar surface area (TPSA) is 115 Å². The van der Waals surface area contributed by atoms with Gasteiger partial charge in [-0.05, 0) is 12.1 Å². The largest absolute Gasteiger partial charge is 0.507 e. The summed E-state index contributed by atoms with van der Waals surface area (Å²) in [6, 6.07) is 5.58. The molecule has 0 amide bonds. The Labute approximate surface area is 136 Å². The van der Waals surface area contributed by atoms with E-state index in [9.17, 15) is 30.0 Å². The number of hydrogen-bond donors (Lipinski definition) is 4. The molecule has 0 aromatic heterocycles. The Morgan fingerprint density at radius 3 is 2.33 bits per heavy atom. The summed E-state index contributed by atoms with van der Waals surface area (Å²) in [5.74, 6) is -2.30. The van der Waals surface area contributed by atoms with E-state index in [1.54, 1.807) is 0 Å². The van der Waals surface area contributed by atoms with Gasteiger partial charge in [0.15, 0.2) is 11.6 Å². The molecule has 4 rings (SSSR count). The molecule has 0 fully saturated rings. The smallest absolute Gasteiger partial charge is 0.194 e. The molecule has 2 aromatic carbocycles. The minimum atomic E-state index is -1.43. The average molecular weight is 326 g/mol. The highest BCUT2D eigenvalue weighted by atomic mass is 16.3. The van der Waals surface area contributed by atoms with Gasteiger partial charge in [-0.1, -0.05) is 19.1 Å². The summed E-state index contributed by atoms with van der Waals surface area (Å²) in [5, 5.41) is 41.0. The van der Waals surface area contributed by atoms with Gasteiger partial charge >= 0.3 is 0 Å². The molecule has 0 heterocycles. The Hall–Kier alpha value is -2.70. The average Bonchev–Trinajstić information content (AvgIpc) is 2.86. The van der Waals surface area contributed by atoms with Crippen molar-refractivity contribution in [3.8, 4) is 22.6 Å². The zero-order valence-electron chi connectivity index (χ0n) is 12.6. The number of phenols is 2. The Balaban J connectivity index is 2.12. The lowest BCUT2D eigenvalue weighted by atomic mass is 9.76. The van der Waals surface area contributed by atoms with E-state index in [2.05, 4.69) is 0 Å². The third-order valence-corrected chi connectivity index (χ3v) is 4.92. The maximum Gasteiger partial charge on any atom is 0.194 e. The monoisotopic (exact) mass is 326 g/mol. The summed E-state index contributed by atoms with van der Waals surface area (Å²) in [6.07, 6.45) is -2.77. The van der Waals surface area contributed by atoms with Crippen LogP contribution in [0.2, 0.25) is 0 Å². The molecule has 24 heavy (non-hydrogen) atoms. The molecule has 0 saturated heterocycles. The van der Waals surface area contributed by atoms with Crippen molar-refractivity contribution in [2.24, 2.45) is 5.92 Å². The zero-order chi connectivity index (χ0) is 17.3. The van der Waals surface area contributed by atoms with Crippen molar-refractivity contribution in [3.05, 3.63) is 46.5 Å². The van der Waals surface area contributed by atoms with Crippen LogP contribution in [0.3, 0.4) is 0 Å². The van der Waals surface area contributed by atoms with Gasteiger partial charge < -0.3 is 20.4 Å². The van der Waals surface area contributed by atoms with Crippen molar-refractivity contribution in [1.29, 1.82) is 0 Å². The van der Waals surface area contributed by atoms with Gasteiger partial charge in [-0.25, -0.2) is 0 Å². The first-order chi connectivity index (χ1) is 11.3. The predicted octanol–water partition coefficient (Wildman–Crippen LogP) is 1.54. The van der Waals surface area contributed by atoms with Crippen LogP contribution < -0.4 is 0 Å². The van der Waals surface area contributed by atoms with E-state index in [1.807, 2.05) is 0 Å². The third kappa shape index (κ3) is 1.61. The predicted molar refractivity (Wildman–Crippen MR) is 83.1 cm³/mol. The van der Waals surface area contributed by atoms with Crippen LogP contribution in [0.1, 0.15) is 44.9 Å². The number of aromatic hydroxyl groups is 2. The van der Waals surface area contributed by atoms with Crippen LogP contribution in [0.5, 0.6) is 11.5 Å². The number of Topliss-reactive ketones (excluding diaryl/α,β-unsaturated/α-hetero) is 1. The van der Waals surface area contributed by atoms with Crippen molar-refractivity contribution < 1.29 is 30.0 Å². The molecule has 3 atom stereocenters. The van der Waals surface area contributed by atoms with Crippen LogP contribution >= 0.6 is 0 Å². The molecule has 3 unspecified atom stereocenters. The van der Waals surface area contributed by atoms with Crippen molar-refractivity contribution >= 4 is 11.6 Å². The number of hydrogen-bond acceptors (Lipinski definition) is 6. The van der Waals surface area contributed by atoms with E-state index in [1.165, 1.54) is 31.2 Å². The minimum Gasteiger partial charge on any atom is -0.507 e. The number of carbonyl (C=O) groups excluding carboxylic acids is 2. The molecule has 0 aliphatic heterocycles. The van der Waals surface area contributed by atoms with Gasteiger partial charge in [0.25, 0.3) is 0 Å². The molecule has 0 radical (unpaired) electrons. The molecule has 0 saturated carbocycles. The molecule has 6 nitrogen and oxygen atoms in total. The molecule has 0 bridgehead atoms. The van der Waals surface area contributed by atoms with Gasteiger partial charge in [0.1, 0.15) is 17.6 Å². The second-order valence-corrected chi connectivity index (χ2v) is 6.22. The van der Waals surface area contributed by atoms with Crippen molar-refractivity contribution in [3.63, 3.8) is 0 Å². The minimum absolute atomic E-state index is 0.0130. The number of rotatable bonds is 0. The molecule has 122 valence electrons. The Bertz CT molecular complexity index is 930. The normalized spacial score (nSPS) is 24.5. The lowest BCUT2D eigenvalue weighted by Gasteiger charge is -2.32. The fourth-order valence-electron chi connectivity index (χ4n) is 3.66. The highest BCUT2D eigenvalue weighted by Gasteiger charge is 2.44. The van der Waals surface area contributed by atoms with Gasteiger partial charge in [0.05, 0.1) is 6.10 Å². The van der Waals surface area contributed by atoms with Crippen LogP contribution in [0.25, 0.3) is 11.1 Å². The van der Waals surface area contributed by atoms with Gasteiger partial charge in [-0.15, -0.1) is 0 Å². The van der Waals surface area contributed by atoms with E-state index >= 15 is 0 Å². The Kier molecular flexibility index (Phi) is 2.88. The summed E-state index contributed by atoms with van der Waals surface area (Å²) in [6.45, 7) is 1.48. The molecular weight excluding hydrogens is 312 g/mol. The Morgan fingerprint density at radius 2 is 1.62 bits per heavy atom. The molecule has 6 heteroatoms.